The normalized spacial score (nSPS) is 27.4. The van der Waals surface area contributed by atoms with Gasteiger partial charge in [0, 0.05) is 81.6 Å². The van der Waals surface area contributed by atoms with Crippen LogP contribution in [0.2, 0.25) is 0 Å². The monoisotopic (exact) mass is 1540 g/mol. The molecular weight excluding hydrogens is 1380 g/mol. The molecule has 2 heterocycles. The lowest BCUT2D eigenvalue weighted by atomic mass is 9.79. The molecule has 0 bridgehead atoms. The van der Waals surface area contributed by atoms with E-state index < -0.39 is 73.5 Å². The van der Waals surface area contributed by atoms with Gasteiger partial charge in [0.2, 0.25) is 17.7 Å². The van der Waals surface area contributed by atoms with Gasteiger partial charge in [0.05, 0.1) is 85.0 Å². The fraction of sp³-hybridized carbons (Fsp3) is 0.812. The summed E-state index contributed by atoms with van der Waals surface area (Å²) in [4.78, 5) is 59.3. The van der Waals surface area contributed by atoms with Gasteiger partial charge >= 0.3 is 0 Å². The fourth-order valence-corrected chi connectivity index (χ4v) is 14.5. The number of carbonyl (C=O) groups is 4. The molecule has 1 saturated carbocycles. The SMILES string of the molecule is C.CCC(CC)O[C@@H]1C=C(C(C)=O)C[C@H](NC(C)C)[C@H]1C.CCC(CC)O[C@@H]1C=C(C(C)C)C[C@H](N)[C@H]1C.CCC(CC)[C@H](NC(C)=O)[C@@H]1[C@H](O)[C@@H](C(C)C)C[C@H]1N=C(N)N.CC[C@@H](O)[C@@H](O)[C@@H]1OC(C(C)C)=C[C@H](N=C(N)N)[C@H]1NC(C)=O.CO[C@@H]([C@@H]1OC(C(C)C)=C[C@H](N=C(N)N)[C@H]1NC(C)=O)[C@H](O)CO. The van der Waals surface area contributed by atoms with Crippen molar-refractivity contribution in [2.45, 2.75) is 352 Å². The maximum absolute atomic E-state index is 11.8. The van der Waals surface area contributed by atoms with Gasteiger partial charge in [-0.3, -0.25) is 19.2 Å². The summed E-state index contributed by atoms with van der Waals surface area (Å²) in [7, 11) is 1.39. The summed E-state index contributed by atoms with van der Waals surface area (Å²) in [5.74, 6) is 2.58. The minimum atomic E-state index is -1.19. The number of aliphatic hydroxyl groups excluding tert-OH is 5. The number of aliphatic hydroxyl groups is 5. The zero-order valence-electron chi connectivity index (χ0n) is 69.6. The van der Waals surface area contributed by atoms with Gasteiger partial charge in [-0.2, -0.15) is 0 Å². The summed E-state index contributed by atoms with van der Waals surface area (Å²) in [6.07, 6.45) is 11.4. The molecule has 628 valence electrons. The number of allylic oxidation sites excluding steroid dienone is 2. The molecule has 5 aliphatic rings. The Kier molecular flexibility index (Phi) is 48.0. The number of hydrogen-bond acceptors (Lipinski definition) is 19. The van der Waals surface area contributed by atoms with Gasteiger partial charge in [-0.05, 0) is 106 Å². The summed E-state index contributed by atoms with van der Waals surface area (Å²) in [6.45, 7) is 45.2. The Morgan fingerprint density at radius 3 is 1.42 bits per heavy atom. The summed E-state index contributed by atoms with van der Waals surface area (Å²) in [6, 6.07) is -1.81. The lowest BCUT2D eigenvalue weighted by Crippen LogP contribution is -2.60. The lowest BCUT2D eigenvalue weighted by Gasteiger charge is -2.41. The first-order valence-corrected chi connectivity index (χ1v) is 39.4. The average molecular weight is 1540 g/mol. The molecule has 28 heteroatoms. The molecule has 0 spiro atoms. The van der Waals surface area contributed by atoms with Gasteiger partial charge in [0.15, 0.2) is 23.7 Å². The number of aliphatic imine (C=N–C) groups is 3. The molecule has 0 saturated heterocycles. The molecule has 1 fully saturated rings. The molecule has 0 aromatic heterocycles. The molecule has 3 amide bonds. The van der Waals surface area contributed by atoms with Crippen molar-refractivity contribution in [1.82, 2.24) is 21.3 Å². The van der Waals surface area contributed by atoms with E-state index in [0.29, 0.717) is 65.7 Å². The summed E-state index contributed by atoms with van der Waals surface area (Å²) in [5, 5.41) is 62.7. The van der Waals surface area contributed by atoms with Gasteiger partial charge in [-0.25, -0.2) is 15.0 Å². The van der Waals surface area contributed by atoms with Crippen molar-refractivity contribution in [2.75, 3.05) is 13.7 Å². The lowest BCUT2D eigenvalue weighted by molar-refractivity contribution is -0.133. The van der Waals surface area contributed by atoms with E-state index in [1.807, 2.05) is 27.7 Å². The number of ketones is 1. The zero-order chi connectivity index (χ0) is 82.2. The summed E-state index contributed by atoms with van der Waals surface area (Å²) < 4.78 is 29.5. The first-order chi connectivity index (χ1) is 50.0. The van der Waals surface area contributed by atoms with Crippen LogP contribution in [0.15, 0.2) is 61.9 Å². The quantitative estimate of drug-likeness (QED) is 0.0194. The molecule has 0 aromatic carbocycles. The highest BCUT2D eigenvalue weighted by molar-refractivity contribution is 5.93. The second-order valence-corrected chi connectivity index (χ2v) is 31.1. The number of methoxy groups -OCH3 is 1. The van der Waals surface area contributed by atoms with E-state index in [0.717, 1.165) is 63.4 Å². The van der Waals surface area contributed by atoms with Gasteiger partial charge < -0.3 is 111 Å². The van der Waals surface area contributed by atoms with Crippen LogP contribution in [-0.4, -0.2) is 202 Å². The molecule has 21 atom stereocenters. The van der Waals surface area contributed by atoms with Crippen LogP contribution >= 0.6 is 0 Å². The average Bonchev–Trinajstić information content (AvgIpc) is 1.75. The zero-order valence-corrected chi connectivity index (χ0v) is 69.6. The van der Waals surface area contributed by atoms with Crippen LogP contribution in [0.4, 0.5) is 0 Å². The van der Waals surface area contributed by atoms with E-state index in [4.69, 9.17) is 63.8 Å². The number of rotatable bonds is 32. The Bertz CT molecular complexity index is 2850. The molecule has 3 aliphatic carbocycles. The van der Waals surface area contributed by atoms with Crippen molar-refractivity contribution in [3.05, 3.63) is 47.0 Å². The number of ether oxygens (including phenoxy) is 5. The van der Waals surface area contributed by atoms with Crippen LogP contribution in [0.1, 0.15) is 231 Å². The van der Waals surface area contributed by atoms with Gasteiger partial charge in [0.1, 0.15) is 30.5 Å². The Morgan fingerprint density at radius 2 is 1.06 bits per heavy atom. The number of nitrogens with zero attached hydrogens (tertiary/aromatic N) is 3. The first-order valence-electron chi connectivity index (χ1n) is 39.4. The van der Waals surface area contributed by atoms with Gasteiger partial charge in [-0.1, -0.05) is 163 Å². The molecule has 0 unspecified atom stereocenters. The molecule has 0 aromatic rings. The molecule has 0 radical (unpaired) electrons. The Balaban J connectivity index is 0.00000133. The predicted octanol–water partition coefficient (Wildman–Crippen LogP) is 6.49. The van der Waals surface area contributed by atoms with Crippen molar-refractivity contribution in [3.8, 4) is 0 Å². The highest BCUT2D eigenvalue weighted by Gasteiger charge is 2.50. The topological polar surface area (TPSA) is 483 Å². The van der Waals surface area contributed by atoms with Crippen molar-refractivity contribution < 1.29 is 68.4 Å². The second-order valence-electron chi connectivity index (χ2n) is 31.1. The largest absolute Gasteiger partial charge is 0.490 e. The van der Waals surface area contributed by atoms with E-state index in [9.17, 15) is 44.7 Å². The number of guanidine groups is 3. The molecule has 23 N–H and O–H groups in total. The maximum atomic E-state index is 11.8. The third-order valence-electron chi connectivity index (χ3n) is 21.0. The minimum absolute atomic E-state index is 0. The van der Waals surface area contributed by atoms with Crippen LogP contribution in [0, 0.1) is 53.3 Å². The van der Waals surface area contributed by atoms with Crippen LogP contribution in [0.5, 0.6) is 0 Å². The summed E-state index contributed by atoms with van der Waals surface area (Å²) >= 11 is 0. The van der Waals surface area contributed by atoms with E-state index >= 15 is 0 Å². The highest BCUT2D eigenvalue weighted by Crippen LogP contribution is 2.43. The Labute approximate surface area is 649 Å². The Morgan fingerprint density at radius 1 is 0.602 bits per heavy atom. The number of Topliss-reactive ketones (excluding diaryl/α,β-unsaturated/α-hetero) is 1. The number of carbonyl (C=O) groups excluding carboxylic acids is 4. The number of nitrogens with two attached hydrogens (primary N) is 7. The number of nitrogens with one attached hydrogen (secondary N) is 4. The van der Waals surface area contributed by atoms with Crippen molar-refractivity contribution in [2.24, 2.45) is 108 Å². The third-order valence-corrected chi connectivity index (χ3v) is 21.0. The number of hydrogen-bond donors (Lipinski definition) is 16. The minimum Gasteiger partial charge on any atom is -0.490 e. The highest BCUT2D eigenvalue weighted by atomic mass is 16.6. The molecule has 108 heavy (non-hydrogen) atoms. The maximum Gasteiger partial charge on any atom is 0.217 e. The smallest absolute Gasteiger partial charge is 0.217 e. The molecule has 28 nitrogen and oxygen atoms in total. The van der Waals surface area contributed by atoms with Crippen LogP contribution < -0.4 is 61.4 Å². The van der Waals surface area contributed by atoms with Crippen LogP contribution in [0.3, 0.4) is 0 Å². The van der Waals surface area contributed by atoms with Crippen LogP contribution in [0.25, 0.3) is 0 Å². The standard InChI is InChI=1S/C17H34N4O2.C17H31NO2.C15H28N4O5.C15H28N4O4.C15H29NO.CH4/c1-6-11(7-2)15(20-10(5)22)14-13(21-17(18)19)8-12(9(3)4)16(14)23;1-7-15(8-2)20-17-10-14(13(6)19)9-16(12(17)5)18-11(3)4;1-7(2)11-5-9(19-15(16)17)12(18-8(3)21)14(24-11)13(23-4)10(22)6-20;1-5-10(21)13(22)14-12(18-8(4)20)9(19-15(16)17)6-11(23-14)7(2)3;1-6-13(7-2)17-15-9-12(10(3)4)8-14(16)11(15)5;/h9,11-16,23H,6-8H2,1-5H3,(H,20,22)(H4,18,19,21);10-12,15-18H,7-9H2,1-6H3;5,7,9-10,12-14,20,22H,6H2,1-4H3,(H,18,21)(H4,16,17,19);6-7,9-10,12-14,21-22H,5H2,1-4H3,(H,18,20)(H4,16,17,19);9-11,13-15H,6-8,16H2,1-5H3;1H4/t12-,13-,14-,15+,16-;12-,16+,17-;2*9-,10+,12+,13+,14+;11-,14+,15-;/m11001./s1. The van der Waals surface area contributed by atoms with Crippen LogP contribution in [-0.2, 0) is 42.9 Å². The van der Waals surface area contributed by atoms with Crippen molar-refractivity contribution in [1.29, 1.82) is 0 Å². The van der Waals surface area contributed by atoms with E-state index in [1.54, 1.807) is 26.0 Å². The second kappa shape index (κ2) is 50.8. The van der Waals surface area contributed by atoms with Crippen molar-refractivity contribution in [3.63, 3.8) is 0 Å². The fourth-order valence-electron chi connectivity index (χ4n) is 14.5. The molecular formula is C80H154N14O14. The summed E-state index contributed by atoms with van der Waals surface area (Å²) in [5.41, 5.74) is 41.8. The van der Waals surface area contributed by atoms with E-state index in [2.05, 4.69) is 145 Å². The van der Waals surface area contributed by atoms with Gasteiger partial charge in [-0.15, -0.1) is 0 Å². The van der Waals surface area contributed by atoms with Gasteiger partial charge in [0.25, 0.3) is 0 Å². The van der Waals surface area contributed by atoms with E-state index in [1.165, 1.54) is 33.5 Å². The Hall–Kier alpha value is -5.95. The molecule has 5 rings (SSSR count). The number of amides is 3. The van der Waals surface area contributed by atoms with E-state index in [-0.39, 0.29) is 109 Å². The van der Waals surface area contributed by atoms with Crippen molar-refractivity contribution >= 4 is 41.4 Å². The third kappa shape index (κ3) is 33.2. The predicted molar refractivity (Wildman–Crippen MR) is 434 cm³/mol. The molecule has 2 aliphatic heterocycles. The first kappa shape index (κ1) is 102.